The summed E-state index contributed by atoms with van der Waals surface area (Å²) in [5.74, 6) is 6.21. The van der Waals surface area contributed by atoms with Crippen LogP contribution in [0.25, 0.3) is 0 Å². The highest BCUT2D eigenvalue weighted by molar-refractivity contribution is 5.30. The molecule has 0 bridgehead atoms. The van der Waals surface area contributed by atoms with Gasteiger partial charge in [-0.05, 0) is 55.0 Å². The van der Waals surface area contributed by atoms with Gasteiger partial charge in [0, 0.05) is 36.2 Å². The molecule has 2 atom stereocenters. The summed E-state index contributed by atoms with van der Waals surface area (Å²) in [6.45, 7) is 0. The first-order chi connectivity index (χ1) is 9.88. The third-order valence-corrected chi connectivity index (χ3v) is 4.20. The summed E-state index contributed by atoms with van der Waals surface area (Å²) in [4.78, 5) is 8.61. The number of nitrogens with one attached hydrogen (secondary N) is 1. The van der Waals surface area contributed by atoms with E-state index in [0.717, 1.165) is 25.7 Å². The van der Waals surface area contributed by atoms with Gasteiger partial charge < -0.3 is 0 Å². The molecule has 20 heavy (non-hydrogen) atoms. The Morgan fingerprint density at radius 2 is 2.10 bits per heavy atom. The van der Waals surface area contributed by atoms with Gasteiger partial charge in [0.25, 0.3) is 0 Å². The van der Waals surface area contributed by atoms with Gasteiger partial charge >= 0.3 is 0 Å². The molecule has 0 spiro atoms. The van der Waals surface area contributed by atoms with Crippen molar-refractivity contribution in [3.63, 3.8) is 0 Å². The Morgan fingerprint density at radius 3 is 2.90 bits per heavy atom. The predicted molar refractivity (Wildman–Crippen MR) is 79.0 cm³/mol. The average Bonchev–Trinajstić information content (AvgIpc) is 2.93. The standard InChI is InChI=1S/C16H20N4/c17-20-15(6-3-12-7-10-18-11-8-12)14-5-4-13-2-1-9-19-16(13)14/h1-2,7-11,14-15,20H,3-6,17H2. The first-order valence-corrected chi connectivity index (χ1v) is 7.17. The first-order valence-electron chi connectivity index (χ1n) is 7.17. The number of rotatable bonds is 5. The molecule has 0 radical (unpaired) electrons. The number of aromatic nitrogens is 2. The zero-order valence-corrected chi connectivity index (χ0v) is 11.5. The normalized spacial score (nSPS) is 18.8. The van der Waals surface area contributed by atoms with Crippen LogP contribution in [0.5, 0.6) is 0 Å². The molecule has 3 N–H and O–H groups in total. The van der Waals surface area contributed by atoms with E-state index in [2.05, 4.69) is 33.6 Å². The van der Waals surface area contributed by atoms with Crippen molar-refractivity contribution in [3.8, 4) is 0 Å². The molecule has 4 heteroatoms. The van der Waals surface area contributed by atoms with Gasteiger partial charge in [0.05, 0.1) is 0 Å². The smallest absolute Gasteiger partial charge is 0.0482 e. The Morgan fingerprint density at radius 1 is 1.25 bits per heavy atom. The van der Waals surface area contributed by atoms with Crippen LogP contribution in [0, 0.1) is 0 Å². The minimum atomic E-state index is 0.277. The van der Waals surface area contributed by atoms with E-state index >= 15 is 0 Å². The van der Waals surface area contributed by atoms with Crippen LogP contribution in [0.4, 0.5) is 0 Å². The minimum Gasteiger partial charge on any atom is -0.271 e. The molecule has 2 heterocycles. The van der Waals surface area contributed by atoms with E-state index in [0.29, 0.717) is 5.92 Å². The molecule has 3 rings (SSSR count). The summed E-state index contributed by atoms with van der Waals surface area (Å²) in [6, 6.07) is 8.60. The molecule has 4 nitrogen and oxygen atoms in total. The van der Waals surface area contributed by atoms with E-state index < -0.39 is 0 Å². The van der Waals surface area contributed by atoms with Gasteiger partial charge in [-0.3, -0.25) is 21.2 Å². The molecule has 104 valence electrons. The molecule has 0 aliphatic heterocycles. The lowest BCUT2D eigenvalue weighted by Crippen LogP contribution is -2.39. The van der Waals surface area contributed by atoms with Crippen LogP contribution in [0.3, 0.4) is 0 Å². The molecule has 2 unspecified atom stereocenters. The third kappa shape index (κ3) is 2.71. The van der Waals surface area contributed by atoms with Crippen LogP contribution in [-0.2, 0) is 12.8 Å². The summed E-state index contributed by atoms with van der Waals surface area (Å²) in [6.07, 6.45) is 9.84. The zero-order chi connectivity index (χ0) is 13.8. The number of hydrazine groups is 1. The molecule has 0 aromatic carbocycles. The molecule has 1 aliphatic carbocycles. The Balaban J connectivity index is 1.69. The number of aryl methyl sites for hydroxylation is 2. The van der Waals surface area contributed by atoms with Gasteiger partial charge in [0.2, 0.25) is 0 Å². The lowest BCUT2D eigenvalue weighted by atomic mass is 9.92. The second-order valence-corrected chi connectivity index (χ2v) is 5.36. The summed E-state index contributed by atoms with van der Waals surface area (Å²) in [5, 5.41) is 0. The second kappa shape index (κ2) is 6.11. The van der Waals surface area contributed by atoms with Gasteiger partial charge in [-0.15, -0.1) is 0 Å². The summed E-state index contributed by atoms with van der Waals surface area (Å²) >= 11 is 0. The number of nitrogens with two attached hydrogens (primary N) is 1. The van der Waals surface area contributed by atoms with Crippen molar-refractivity contribution in [3.05, 3.63) is 59.7 Å². The van der Waals surface area contributed by atoms with E-state index in [1.54, 1.807) is 0 Å². The first kappa shape index (κ1) is 13.2. The van der Waals surface area contributed by atoms with Crippen LogP contribution in [0.2, 0.25) is 0 Å². The highest BCUT2D eigenvalue weighted by atomic mass is 15.2. The molecule has 0 fully saturated rings. The number of hydrogen-bond acceptors (Lipinski definition) is 4. The highest BCUT2D eigenvalue weighted by Crippen LogP contribution is 2.34. The van der Waals surface area contributed by atoms with Gasteiger partial charge in [0.1, 0.15) is 0 Å². The van der Waals surface area contributed by atoms with Crippen molar-refractivity contribution < 1.29 is 0 Å². The third-order valence-electron chi connectivity index (χ3n) is 4.20. The second-order valence-electron chi connectivity index (χ2n) is 5.36. The molecule has 0 saturated heterocycles. The fourth-order valence-electron chi connectivity index (χ4n) is 3.11. The van der Waals surface area contributed by atoms with Crippen molar-refractivity contribution in [2.75, 3.05) is 0 Å². The van der Waals surface area contributed by atoms with Crippen molar-refractivity contribution in [1.29, 1.82) is 0 Å². The van der Waals surface area contributed by atoms with Crippen LogP contribution in [-0.4, -0.2) is 16.0 Å². The quantitative estimate of drug-likeness (QED) is 0.643. The maximum Gasteiger partial charge on any atom is 0.0482 e. The van der Waals surface area contributed by atoms with E-state index in [1.807, 2.05) is 24.7 Å². The lowest BCUT2D eigenvalue weighted by Gasteiger charge is -2.23. The molecule has 2 aromatic heterocycles. The maximum atomic E-state index is 5.78. The average molecular weight is 268 g/mol. The molecular weight excluding hydrogens is 248 g/mol. The van der Waals surface area contributed by atoms with Crippen molar-refractivity contribution in [2.24, 2.45) is 5.84 Å². The van der Waals surface area contributed by atoms with Crippen LogP contribution in [0.15, 0.2) is 42.9 Å². The Labute approximate surface area is 119 Å². The summed E-state index contributed by atoms with van der Waals surface area (Å²) in [7, 11) is 0. The lowest BCUT2D eigenvalue weighted by molar-refractivity contribution is 0.408. The highest BCUT2D eigenvalue weighted by Gasteiger charge is 2.29. The van der Waals surface area contributed by atoms with E-state index in [9.17, 15) is 0 Å². The monoisotopic (exact) mass is 268 g/mol. The molecule has 1 aliphatic rings. The maximum absolute atomic E-state index is 5.78. The van der Waals surface area contributed by atoms with E-state index in [-0.39, 0.29) is 6.04 Å². The molecule has 0 amide bonds. The Hall–Kier alpha value is -1.78. The number of fused-ring (bicyclic) bond motifs is 1. The summed E-state index contributed by atoms with van der Waals surface area (Å²) < 4.78 is 0. The van der Waals surface area contributed by atoms with Crippen LogP contribution >= 0.6 is 0 Å². The number of hydrogen-bond donors (Lipinski definition) is 2. The van der Waals surface area contributed by atoms with E-state index in [4.69, 9.17) is 5.84 Å². The van der Waals surface area contributed by atoms with Crippen molar-refractivity contribution in [1.82, 2.24) is 15.4 Å². The Kier molecular flexibility index (Phi) is 4.04. The summed E-state index contributed by atoms with van der Waals surface area (Å²) in [5.41, 5.74) is 6.91. The molecular formula is C16H20N4. The van der Waals surface area contributed by atoms with Gasteiger partial charge in [-0.1, -0.05) is 6.07 Å². The van der Waals surface area contributed by atoms with E-state index in [1.165, 1.54) is 16.8 Å². The SMILES string of the molecule is NNC(CCc1ccncc1)C1CCc2cccnc21. The molecule has 2 aromatic rings. The van der Waals surface area contributed by atoms with Gasteiger partial charge in [0.15, 0.2) is 0 Å². The topological polar surface area (TPSA) is 63.8 Å². The minimum absolute atomic E-state index is 0.277. The fourth-order valence-corrected chi connectivity index (χ4v) is 3.11. The zero-order valence-electron chi connectivity index (χ0n) is 11.5. The van der Waals surface area contributed by atoms with Crippen LogP contribution in [0.1, 0.15) is 35.6 Å². The van der Waals surface area contributed by atoms with Gasteiger partial charge in [-0.2, -0.15) is 0 Å². The predicted octanol–water partition coefficient (Wildman–Crippen LogP) is 1.97. The van der Waals surface area contributed by atoms with Crippen molar-refractivity contribution in [2.45, 2.75) is 37.6 Å². The van der Waals surface area contributed by atoms with Crippen LogP contribution < -0.4 is 11.3 Å². The molecule has 0 saturated carbocycles. The number of pyridine rings is 2. The van der Waals surface area contributed by atoms with Gasteiger partial charge in [-0.25, -0.2) is 0 Å². The largest absolute Gasteiger partial charge is 0.271 e. The number of nitrogens with zero attached hydrogens (tertiary/aromatic N) is 2. The fraction of sp³-hybridized carbons (Fsp3) is 0.375. The van der Waals surface area contributed by atoms with Crippen molar-refractivity contribution >= 4 is 0 Å². The Bertz CT molecular complexity index is 555.